The van der Waals surface area contributed by atoms with E-state index < -0.39 is 0 Å². The molecule has 19 heavy (non-hydrogen) atoms. The highest BCUT2D eigenvalue weighted by atomic mass is 28.2. The van der Waals surface area contributed by atoms with Gasteiger partial charge >= 0.3 is 5.97 Å². The lowest BCUT2D eigenvalue weighted by Crippen LogP contribution is -2.13. The number of carbonyl (C=O) groups is 1. The van der Waals surface area contributed by atoms with Crippen LogP contribution in [0.25, 0.3) is 0 Å². The first kappa shape index (κ1) is 18.3. The Hall–Kier alpha value is -0.653. The van der Waals surface area contributed by atoms with E-state index in [0.717, 1.165) is 19.3 Å². The van der Waals surface area contributed by atoms with Gasteiger partial charge in [-0.2, -0.15) is 0 Å². The highest BCUT2D eigenvalue weighted by molar-refractivity contribution is 6.35. The lowest BCUT2D eigenvalue weighted by molar-refractivity contribution is -0.139. The third-order valence-corrected chi connectivity index (χ3v) is 4.85. The highest BCUT2D eigenvalue weighted by Gasteiger charge is 2.04. The summed E-state index contributed by atoms with van der Waals surface area (Å²) in [6.07, 6.45) is 4.30. The highest BCUT2D eigenvalue weighted by Crippen LogP contribution is 2.06. The van der Waals surface area contributed by atoms with Gasteiger partial charge in [0.25, 0.3) is 0 Å². The molecule has 4 nitrogen and oxygen atoms in total. The molecule has 0 atom stereocenters. The first-order valence-corrected chi connectivity index (χ1v) is 9.00. The minimum atomic E-state index is -0.278. The Morgan fingerprint density at radius 1 is 1.16 bits per heavy atom. The molecule has 0 unspecified atom stereocenters. The van der Waals surface area contributed by atoms with Crippen molar-refractivity contribution in [3.8, 4) is 0 Å². The summed E-state index contributed by atoms with van der Waals surface area (Å²) in [5, 5.41) is 0. The fourth-order valence-electron chi connectivity index (χ4n) is 1.74. The molecule has 0 N–H and O–H groups in total. The second-order valence-corrected chi connectivity index (χ2v) is 6.85. The molecule has 0 spiro atoms. The summed E-state index contributed by atoms with van der Waals surface area (Å²) >= 11 is 0. The van der Waals surface area contributed by atoms with Crippen LogP contribution in [0, 0.1) is 0 Å². The van der Waals surface area contributed by atoms with Crippen molar-refractivity contribution in [2.24, 2.45) is 0 Å². The van der Waals surface area contributed by atoms with Gasteiger partial charge in [-0.3, -0.25) is 0 Å². The number of hydrogen-bond donors (Lipinski definition) is 0. The van der Waals surface area contributed by atoms with Crippen LogP contribution < -0.4 is 0 Å². The smallest absolute Gasteiger partial charge is 0.333 e. The van der Waals surface area contributed by atoms with E-state index in [9.17, 15) is 4.79 Å². The van der Waals surface area contributed by atoms with Crippen molar-refractivity contribution < 1.29 is 19.0 Å². The lowest BCUT2D eigenvalue weighted by atomic mass is 10.3. The first-order valence-electron chi connectivity index (χ1n) is 7.00. The van der Waals surface area contributed by atoms with Crippen LogP contribution in [0.4, 0.5) is 0 Å². The fourth-order valence-corrected chi connectivity index (χ4v) is 3.42. The molecular weight excluding hydrogens is 260 g/mol. The van der Waals surface area contributed by atoms with Crippen LogP contribution in [-0.4, -0.2) is 42.6 Å². The van der Waals surface area contributed by atoms with Gasteiger partial charge in [0.1, 0.15) is 0 Å². The number of carbonyl (C=O) groups excluding carboxylic acids is 1. The number of rotatable bonds is 12. The molecule has 0 heterocycles. The number of esters is 1. The summed E-state index contributed by atoms with van der Waals surface area (Å²) < 4.78 is 15.3. The molecule has 0 rings (SSSR count). The van der Waals surface area contributed by atoms with Crippen LogP contribution in [0.15, 0.2) is 12.2 Å². The molecule has 0 aromatic carbocycles. The summed E-state index contributed by atoms with van der Waals surface area (Å²) in [5.41, 5.74) is 0.471. The quantitative estimate of drug-likeness (QED) is 0.182. The van der Waals surface area contributed by atoms with Gasteiger partial charge in [-0.15, -0.1) is 0 Å². The Morgan fingerprint density at radius 2 is 1.84 bits per heavy atom. The lowest BCUT2D eigenvalue weighted by Gasteiger charge is -2.12. The first-order chi connectivity index (χ1) is 9.11. The maximum absolute atomic E-state index is 11.1. The molecule has 0 saturated carbocycles. The molecule has 0 bridgehead atoms. The summed E-state index contributed by atoms with van der Waals surface area (Å²) in [4.78, 5) is 11.1. The molecule has 0 aromatic heterocycles. The van der Waals surface area contributed by atoms with Crippen molar-refractivity contribution in [1.29, 1.82) is 0 Å². The van der Waals surface area contributed by atoms with Crippen LogP contribution in [-0.2, 0) is 19.0 Å². The topological polar surface area (TPSA) is 44.8 Å². The Kier molecular flexibility index (Phi) is 12.0. The molecule has 0 amide bonds. The zero-order chi connectivity index (χ0) is 14.5. The van der Waals surface area contributed by atoms with E-state index in [2.05, 4.69) is 6.58 Å². The zero-order valence-electron chi connectivity index (χ0n) is 12.6. The van der Waals surface area contributed by atoms with Gasteiger partial charge in [0.15, 0.2) is 6.29 Å². The van der Waals surface area contributed by atoms with E-state index in [0.29, 0.717) is 12.2 Å². The van der Waals surface area contributed by atoms with E-state index in [1.165, 1.54) is 18.5 Å². The van der Waals surface area contributed by atoms with Gasteiger partial charge in [-0.25, -0.2) is 4.79 Å². The van der Waals surface area contributed by atoms with Crippen molar-refractivity contribution in [3.05, 3.63) is 12.2 Å². The van der Waals surface area contributed by atoms with Gasteiger partial charge in [0, 0.05) is 29.3 Å². The average molecular weight is 288 g/mol. The van der Waals surface area contributed by atoms with Crippen molar-refractivity contribution >= 4 is 15.5 Å². The van der Waals surface area contributed by atoms with Crippen molar-refractivity contribution in [3.63, 3.8) is 0 Å². The van der Waals surface area contributed by atoms with Crippen LogP contribution in [0.2, 0.25) is 12.1 Å². The Balaban J connectivity index is 3.23. The largest absolute Gasteiger partial charge is 0.462 e. The number of hydrogen-bond acceptors (Lipinski definition) is 4. The molecule has 0 fully saturated rings. The summed E-state index contributed by atoms with van der Waals surface area (Å²) in [5.74, 6) is -0.278. The van der Waals surface area contributed by atoms with Crippen molar-refractivity contribution in [2.75, 3.05) is 20.8 Å². The van der Waals surface area contributed by atoms with E-state index in [4.69, 9.17) is 14.2 Å². The van der Waals surface area contributed by atoms with Gasteiger partial charge in [0.2, 0.25) is 0 Å². The maximum atomic E-state index is 11.1. The Labute approximate surface area is 119 Å². The Morgan fingerprint density at radius 3 is 2.42 bits per heavy atom. The maximum Gasteiger partial charge on any atom is 0.333 e. The number of methoxy groups -OCH3 is 2. The van der Waals surface area contributed by atoms with Crippen LogP contribution in [0.5, 0.6) is 0 Å². The molecule has 0 aliphatic rings. The predicted octanol–water partition coefficient (Wildman–Crippen LogP) is 2.29. The van der Waals surface area contributed by atoms with E-state index >= 15 is 0 Å². The summed E-state index contributed by atoms with van der Waals surface area (Å²) in [6.45, 7) is 5.73. The molecule has 5 heteroatoms. The van der Waals surface area contributed by atoms with Crippen molar-refractivity contribution in [1.82, 2.24) is 0 Å². The fraction of sp³-hybridized carbons (Fsp3) is 0.786. The monoisotopic (exact) mass is 288 g/mol. The molecule has 0 radical (unpaired) electrons. The van der Waals surface area contributed by atoms with Crippen LogP contribution in [0.1, 0.15) is 32.6 Å². The molecule has 0 aliphatic heterocycles. The van der Waals surface area contributed by atoms with E-state index in [-0.39, 0.29) is 21.8 Å². The summed E-state index contributed by atoms with van der Waals surface area (Å²) in [7, 11) is 3.37. The second kappa shape index (κ2) is 12.4. The van der Waals surface area contributed by atoms with E-state index in [1.807, 2.05) is 0 Å². The summed E-state index contributed by atoms with van der Waals surface area (Å²) in [6, 6.07) is 2.60. The minimum absolute atomic E-state index is 0.00522. The zero-order valence-corrected chi connectivity index (χ0v) is 14.0. The standard InChI is InChI=1S/C14H28O4Si/c1-12(2)14(15)18-9-6-5-7-10-19-11-8-13(16-3)17-4/h13H,1,5-11,19H2,2-4H3. The third kappa shape index (κ3) is 10.9. The van der Waals surface area contributed by atoms with Gasteiger partial charge < -0.3 is 14.2 Å². The normalized spacial score (nSPS) is 11.4. The number of ether oxygens (including phenoxy) is 3. The SMILES string of the molecule is C=C(C)C(=O)OCCCCC[SiH2]CCC(OC)OC. The minimum Gasteiger partial charge on any atom is -0.462 e. The predicted molar refractivity (Wildman–Crippen MR) is 80.2 cm³/mol. The molecule has 0 aliphatic carbocycles. The van der Waals surface area contributed by atoms with Gasteiger partial charge in [-0.05, 0) is 19.8 Å². The molecular formula is C14H28O4Si. The van der Waals surface area contributed by atoms with E-state index in [1.54, 1.807) is 21.1 Å². The molecule has 0 saturated heterocycles. The average Bonchev–Trinajstić information content (AvgIpc) is 2.40. The molecule has 0 aromatic rings. The van der Waals surface area contributed by atoms with Gasteiger partial charge in [-0.1, -0.05) is 31.5 Å². The Bertz CT molecular complexity index is 252. The van der Waals surface area contributed by atoms with Gasteiger partial charge in [0.05, 0.1) is 6.61 Å². The van der Waals surface area contributed by atoms with Crippen molar-refractivity contribution in [2.45, 2.75) is 51.0 Å². The van der Waals surface area contributed by atoms with Crippen LogP contribution >= 0.6 is 0 Å². The molecule has 112 valence electrons. The second-order valence-electron chi connectivity index (χ2n) is 4.73. The number of unbranched alkanes of at least 4 members (excludes halogenated alkanes) is 2. The van der Waals surface area contributed by atoms with Crippen LogP contribution in [0.3, 0.4) is 0 Å². The third-order valence-electron chi connectivity index (χ3n) is 2.94.